The normalized spacial score (nSPS) is 9.00. The first-order valence-electron chi connectivity index (χ1n) is 3.15. The summed E-state index contributed by atoms with van der Waals surface area (Å²) in [5.74, 6) is 0. The number of aromatic nitrogens is 2. The Kier molecular flexibility index (Phi) is 4.71. The first-order valence-corrected chi connectivity index (χ1v) is 3.96. The summed E-state index contributed by atoms with van der Waals surface area (Å²) < 4.78 is 1.39. The van der Waals surface area contributed by atoms with E-state index < -0.39 is 0 Å². The van der Waals surface area contributed by atoms with E-state index in [0.29, 0.717) is 0 Å². The van der Waals surface area contributed by atoms with E-state index in [9.17, 15) is 4.79 Å². The van der Waals surface area contributed by atoms with Crippen molar-refractivity contribution in [3.05, 3.63) is 22.7 Å². The lowest BCUT2D eigenvalue weighted by molar-refractivity contribution is 0.795. The van der Waals surface area contributed by atoms with Gasteiger partial charge in [-0.05, 0) is 11.8 Å². The van der Waals surface area contributed by atoms with E-state index in [1.165, 1.54) is 10.8 Å². The average molecular weight is 265 g/mol. The Bertz CT molecular complexity index is 364. The molecule has 0 aliphatic carbocycles. The summed E-state index contributed by atoms with van der Waals surface area (Å²) in [4.78, 5) is 15.0. The molecule has 0 amide bonds. The van der Waals surface area contributed by atoms with Gasteiger partial charge >= 0.3 is 0 Å². The molecule has 1 heterocycles. The summed E-state index contributed by atoms with van der Waals surface area (Å²) in [5, 5.41) is 7.05. The van der Waals surface area contributed by atoms with E-state index in [4.69, 9.17) is 11.1 Å². The molecule has 0 spiro atoms. The van der Waals surface area contributed by atoms with Crippen LogP contribution in [0.15, 0.2) is 22.2 Å². The Morgan fingerprint density at radius 1 is 1.77 bits per heavy atom. The first-order chi connectivity index (χ1) is 5.61. The highest BCUT2D eigenvalue weighted by Gasteiger charge is 2.03. The fourth-order valence-corrected chi connectivity index (χ4v) is 1.20. The summed E-state index contributed by atoms with van der Waals surface area (Å²) in [6, 6.07) is 0. The predicted octanol–water partition coefficient (Wildman–Crippen LogP) is 0.344. The third-order valence-electron chi connectivity index (χ3n) is 1.19. The van der Waals surface area contributed by atoms with Crippen molar-refractivity contribution in [1.29, 1.82) is 5.41 Å². The number of amidine groups is 1. The maximum atomic E-state index is 11.2. The van der Waals surface area contributed by atoms with Gasteiger partial charge in [0.15, 0.2) is 10.2 Å². The third-order valence-corrected chi connectivity index (χ3v) is 1.89. The average Bonchev–Trinajstić information content (AvgIpc) is 1.98. The number of thioether (sulfide) groups is 1. The number of hydrogen-bond acceptors (Lipinski definition) is 4. The highest BCUT2D eigenvalue weighted by molar-refractivity contribution is 8.93. The molecule has 0 aromatic carbocycles. The van der Waals surface area contributed by atoms with E-state index in [-0.39, 0.29) is 32.7 Å². The number of nitrogens with zero attached hydrogens (tertiary/aromatic N) is 2. The molecule has 72 valence electrons. The van der Waals surface area contributed by atoms with Gasteiger partial charge in [0.2, 0.25) is 0 Å². The Morgan fingerprint density at radius 3 is 2.92 bits per heavy atom. The number of halogens is 1. The summed E-state index contributed by atoms with van der Waals surface area (Å²) in [5.41, 5.74) is 4.86. The Balaban J connectivity index is 0.00000144. The fraction of sp³-hybridized carbons (Fsp3) is 0.167. The maximum Gasteiger partial charge on any atom is 0.283 e. The topological polar surface area (TPSA) is 84.8 Å². The molecule has 0 fully saturated rings. The monoisotopic (exact) mass is 264 g/mol. The van der Waals surface area contributed by atoms with Crippen molar-refractivity contribution < 1.29 is 0 Å². The summed E-state index contributed by atoms with van der Waals surface area (Å²) in [6.07, 6.45) is 3.04. The second-order valence-corrected chi connectivity index (χ2v) is 3.15. The minimum atomic E-state index is -0.238. The molecule has 3 N–H and O–H groups in total. The molecule has 7 heteroatoms. The zero-order valence-corrected chi connectivity index (χ0v) is 9.38. The molecule has 1 aromatic rings. The van der Waals surface area contributed by atoms with Crippen LogP contribution in [0.3, 0.4) is 0 Å². The Morgan fingerprint density at radius 2 is 2.38 bits per heavy atom. The van der Waals surface area contributed by atoms with Crippen LogP contribution in [0.1, 0.15) is 0 Å². The lowest BCUT2D eigenvalue weighted by atomic mass is 10.7. The van der Waals surface area contributed by atoms with Crippen molar-refractivity contribution in [2.24, 2.45) is 12.8 Å². The molecule has 0 aliphatic rings. The van der Waals surface area contributed by atoms with E-state index in [2.05, 4.69) is 4.98 Å². The van der Waals surface area contributed by atoms with Crippen molar-refractivity contribution >= 4 is 33.9 Å². The van der Waals surface area contributed by atoms with E-state index in [1.807, 2.05) is 0 Å². The molecule has 0 aliphatic heterocycles. The number of hydrogen-bond donors (Lipinski definition) is 2. The predicted molar refractivity (Wildman–Crippen MR) is 57.6 cm³/mol. The number of aryl methyl sites for hydroxylation is 1. The number of rotatable bonds is 1. The van der Waals surface area contributed by atoms with Gasteiger partial charge in [-0.2, -0.15) is 0 Å². The molecule has 13 heavy (non-hydrogen) atoms. The molecule has 1 rings (SSSR count). The smallest absolute Gasteiger partial charge is 0.283 e. The largest absolute Gasteiger partial charge is 0.378 e. The van der Waals surface area contributed by atoms with Gasteiger partial charge in [-0.15, -0.1) is 17.0 Å². The van der Waals surface area contributed by atoms with Crippen molar-refractivity contribution in [2.75, 3.05) is 0 Å². The van der Waals surface area contributed by atoms with Gasteiger partial charge < -0.3 is 10.3 Å². The van der Waals surface area contributed by atoms with Crippen LogP contribution in [0.5, 0.6) is 0 Å². The van der Waals surface area contributed by atoms with Gasteiger partial charge in [0, 0.05) is 19.4 Å². The second kappa shape index (κ2) is 5.03. The summed E-state index contributed by atoms with van der Waals surface area (Å²) >= 11 is 0.856. The molecule has 1 aromatic heterocycles. The van der Waals surface area contributed by atoms with Crippen LogP contribution in [-0.2, 0) is 7.05 Å². The summed E-state index contributed by atoms with van der Waals surface area (Å²) in [6.45, 7) is 0. The first kappa shape index (κ1) is 12.2. The van der Waals surface area contributed by atoms with Crippen LogP contribution >= 0.6 is 28.7 Å². The van der Waals surface area contributed by atoms with Gasteiger partial charge in [-0.1, -0.05) is 0 Å². The van der Waals surface area contributed by atoms with Gasteiger partial charge in [-0.25, -0.2) is 4.98 Å². The molecule has 0 unspecified atom stereocenters. The second-order valence-electron chi connectivity index (χ2n) is 2.11. The maximum absolute atomic E-state index is 11.2. The molecular formula is C6H9BrN4OS. The molecular weight excluding hydrogens is 256 g/mol. The van der Waals surface area contributed by atoms with Crippen LogP contribution in [0, 0.1) is 5.41 Å². The minimum absolute atomic E-state index is 0. The van der Waals surface area contributed by atoms with E-state index in [0.717, 1.165) is 11.8 Å². The van der Waals surface area contributed by atoms with E-state index in [1.54, 1.807) is 13.2 Å². The third kappa shape index (κ3) is 3.19. The SMILES string of the molecule is Br.Cn1ccnc(SC(=N)N)c1=O. The number of nitrogens with one attached hydrogen (secondary N) is 1. The zero-order chi connectivity index (χ0) is 9.14. The fourth-order valence-electron chi connectivity index (χ4n) is 0.649. The van der Waals surface area contributed by atoms with Crippen LogP contribution in [0.4, 0.5) is 0 Å². The van der Waals surface area contributed by atoms with Crippen LogP contribution in [-0.4, -0.2) is 14.7 Å². The highest BCUT2D eigenvalue weighted by Crippen LogP contribution is 2.06. The number of nitrogens with two attached hydrogens (primary N) is 1. The molecule has 0 saturated carbocycles. The minimum Gasteiger partial charge on any atom is -0.378 e. The lowest BCUT2D eigenvalue weighted by Gasteiger charge is -1.98. The Labute approximate surface area is 89.6 Å². The quantitative estimate of drug-likeness (QED) is 0.435. The Hall–Kier alpha value is -0.820. The molecule has 0 bridgehead atoms. The summed E-state index contributed by atoms with van der Waals surface area (Å²) in [7, 11) is 1.62. The highest BCUT2D eigenvalue weighted by atomic mass is 79.9. The van der Waals surface area contributed by atoms with Crippen molar-refractivity contribution in [2.45, 2.75) is 5.03 Å². The van der Waals surface area contributed by atoms with E-state index >= 15 is 0 Å². The van der Waals surface area contributed by atoms with Crippen LogP contribution in [0.25, 0.3) is 0 Å². The van der Waals surface area contributed by atoms with Crippen LogP contribution < -0.4 is 11.3 Å². The molecule has 0 atom stereocenters. The molecule has 0 saturated heterocycles. The molecule has 5 nitrogen and oxygen atoms in total. The van der Waals surface area contributed by atoms with Crippen LogP contribution in [0.2, 0.25) is 0 Å². The van der Waals surface area contributed by atoms with Crippen molar-refractivity contribution in [3.63, 3.8) is 0 Å². The molecule has 0 radical (unpaired) electrons. The van der Waals surface area contributed by atoms with Gasteiger partial charge in [0.25, 0.3) is 5.56 Å². The van der Waals surface area contributed by atoms with Crippen molar-refractivity contribution in [1.82, 2.24) is 9.55 Å². The zero-order valence-electron chi connectivity index (χ0n) is 6.85. The van der Waals surface area contributed by atoms with Gasteiger partial charge in [0.05, 0.1) is 0 Å². The van der Waals surface area contributed by atoms with Crippen molar-refractivity contribution in [3.8, 4) is 0 Å². The lowest BCUT2D eigenvalue weighted by Crippen LogP contribution is -2.20. The van der Waals surface area contributed by atoms with Gasteiger partial charge in [0.1, 0.15) is 0 Å². The van der Waals surface area contributed by atoms with Gasteiger partial charge in [-0.3, -0.25) is 10.2 Å². The standard InChI is InChI=1S/C6H8N4OS.BrH/c1-10-3-2-9-4(5(10)11)12-6(7)8;/h2-3H,1H3,(H3,7,8);1H.